The first kappa shape index (κ1) is 17.4. The van der Waals surface area contributed by atoms with E-state index in [2.05, 4.69) is 15.1 Å². The van der Waals surface area contributed by atoms with Gasteiger partial charge in [-0.05, 0) is 37.5 Å². The molecule has 28 heavy (non-hydrogen) atoms. The van der Waals surface area contributed by atoms with Crippen molar-refractivity contribution >= 4 is 11.2 Å². The number of phenols is 1. The minimum Gasteiger partial charge on any atom is -0.507 e. The predicted octanol–water partition coefficient (Wildman–Crippen LogP) is 3.54. The van der Waals surface area contributed by atoms with E-state index in [1.165, 1.54) is 13.1 Å². The second kappa shape index (κ2) is 5.22. The molecule has 0 radical (unpaired) electrons. The number of hydrogen-bond donors (Lipinski definition) is 2. The average molecular weight is 390 g/mol. The molecular weight excluding hydrogens is 373 g/mol. The molecule has 3 aliphatic rings. The quantitative estimate of drug-likeness (QED) is 0.699. The molecule has 2 N–H and O–H groups in total. The number of nitrogens with zero attached hydrogens (tertiary/aromatic N) is 4. The van der Waals surface area contributed by atoms with Gasteiger partial charge in [-0.25, -0.2) is 9.97 Å². The summed E-state index contributed by atoms with van der Waals surface area (Å²) in [4.78, 5) is 8.75. The monoisotopic (exact) mass is 390 g/mol. The fourth-order valence-electron chi connectivity index (χ4n) is 4.70. The van der Waals surface area contributed by atoms with E-state index in [-0.39, 0.29) is 22.4 Å². The predicted molar refractivity (Wildman–Crippen MR) is 93.6 cm³/mol. The molecule has 0 unspecified atom stereocenters. The van der Waals surface area contributed by atoms with E-state index in [9.17, 15) is 23.4 Å². The third kappa shape index (κ3) is 2.42. The second-order valence-corrected chi connectivity index (χ2v) is 8.03. The van der Waals surface area contributed by atoms with Crippen molar-refractivity contribution < 1.29 is 23.4 Å². The molecule has 2 heterocycles. The highest BCUT2D eigenvalue weighted by molar-refractivity contribution is 5.77. The standard InChI is InChI=1S/C19H17F3N4O2/c1-10-4-11(19(20,21)22)5-14(27)15(10)12-6-23-13-7-26(25-16(13)24-12)17-2-3-18(28,8-17)9-17/h4-7,27-28H,2-3,8-9H2,1H3. The van der Waals surface area contributed by atoms with Crippen LogP contribution in [0.4, 0.5) is 13.2 Å². The van der Waals surface area contributed by atoms with E-state index in [4.69, 9.17) is 0 Å². The van der Waals surface area contributed by atoms with Crippen LogP contribution in [0.5, 0.6) is 5.75 Å². The van der Waals surface area contributed by atoms with Gasteiger partial charge >= 0.3 is 6.18 Å². The molecule has 0 atom stereocenters. The maximum Gasteiger partial charge on any atom is 0.416 e. The van der Waals surface area contributed by atoms with Crippen LogP contribution in [-0.2, 0) is 11.7 Å². The number of rotatable bonds is 2. The van der Waals surface area contributed by atoms with Crippen LogP contribution in [0.1, 0.15) is 36.8 Å². The number of aromatic hydroxyl groups is 1. The molecule has 9 heteroatoms. The molecule has 146 valence electrons. The second-order valence-electron chi connectivity index (χ2n) is 8.03. The van der Waals surface area contributed by atoms with Gasteiger partial charge in [-0.1, -0.05) is 0 Å². The van der Waals surface area contributed by atoms with Gasteiger partial charge in [-0.15, -0.1) is 0 Å². The van der Waals surface area contributed by atoms with Crippen LogP contribution in [0.15, 0.2) is 24.5 Å². The van der Waals surface area contributed by atoms with Crippen LogP contribution in [0.2, 0.25) is 0 Å². The highest BCUT2D eigenvalue weighted by Gasteiger charge is 2.61. The summed E-state index contributed by atoms with van der Waals surface area (Å²) in [5.74, 6) is -0.501. The lowest BCUT2D eigenvalue weighted by atomic mass is 9.74. The zero-order valence-corrected chi connectivity index (χ0v) is 15.0. The zero-order valence-electron chi connectivity index (χ0n) is 15.0. The van der Waals surface area contributed by atoms with E-state index in [1.807, 2.05) is 4.68 Å². The highest BCUT2D eigenvalue weighted by atomic mass is 19.4. The van der Waals surface area contributed by atoms with E-state index in [0.717, 1.165) is 18.9 Å². The number of alkyl halides is 3. The largest absolute Gasteiger partial charge is 0.507 e. The average Bonchev–Trinajstić information content (AvgIpc) is 3.23. The lowest BCUT2D eigenvalue weighted by Crippen LogP contribution is -2.49. The topological polar surface area (TPSA) is 84.1 Å². The molecule has 0 saturated heterocycles. The first-order valence-electron chi connectivity index (χ1n) is 8.95. The molecule has 6 rings (SSSR count). The van der Waals surface area contributed by atoms with Crippen molar-refractivity contribution in [2.45, 2.75) is 49.9 Å². The third-order valence-electron chi connectivity index (χ3n) is 5.98. The Bertz CT molecular complexity index is 1090. The van der Waals surface area contributed by atoms with Crippen molar-refractivity contribution in [3.8, 4) is 17.0 Å². The van der Waals surface area contributed by atoms with Crippen LogP contribution >= 0.6 is 0 Å². The number of hydrogen-bond acceptors (Lipinski definition) is 5. The van der Waals surface area contributed by atoms with Gasteiger partial charge in [0.2, 0.25) is 0 Å². The Morgan fingerprint density at radius 3 is 2.54 bits per heavy atom. The minimum atomic E-state index is -4.54. The van der Waals surface area contributed by atoms with Crippen LogP contribution in [0, 0.1) is 6.92 Å². The van der Waals surface area contributed by atoms with Gasteiger partial charge < -0.3 is 10.2 Å². The first-order chi connectivity index (χ1) is 13.1. The SMILES string of the molecule is Cc1cc(C(F)(F)F)cc(O)c1-c1cnc2cn(C34CCC(O)(C3)C4)nc2n1. The van der Waals surface area contributed by atoms with E-state index >= 15 is 0 Å². The molecule has 2 bridgehead atoms. The molecule has 2 aromatic heterocycles. The van der Waals surface area contributed by atoms with E-state index in [1.54, 1.807) is 6.20 Å². The Morgan fingerprint density at radius 2 is 1.93 bits per heavy atom. The van der Waals surface area contributed by atoms with Gasteiger partial charge in [0.25, 0.3) is 0 Å². The summed E-state index contributed by atoms with van der Waals surface area (Å²) in [6.45, 7) is 1.49. The Balaban J connectivity index is 1.56. The summed E-state index contributed by atoms with van der Waals surface area (Å²) in [6, 6.07) is 1.67. The molecule has 1 aromatic carbocycles. The summed E-state index contributed by atoms with van der Waals surface area (Å²) in [5.41, 5.74) is -0.0834. The Morgan fingerprint density at radius 1 is 1.18 bits per heavy atom. The molecule has 0 aliphatic heterocycles. The molecule has 0 spiro atoms. The van der Waals surface area contributed by atoms with Crippen LogP contribution < -0.4 is 0 Å². The molecule has 3 aliphatic carbocycles. The molecule has 6 nitrogen and oxygen atoms in total. The molecule has 3 aromatic rings. The van der Waals surface area contributed by atoms with E-state index in [0.29, 0.717) is 30.1 Å². The van der Waals surface area contributed by atoms with Crippen molar-refractivity contribution in [2.24, 2.45) is 0 Å². The number of benzene rings is 1. The lowest BCUT2D eigenvalue weighted by molar-refractivity contribution is -0.137. The zero-order chi connectivity index (χ0) is 19.9. The maximum atomic E-state index is 12.9. The highest BCUT2D eigenvalue weighted by Crippen LogP contribution is 2.59. The number of aromatic nitrogens is 4. The normalized spacial score (nSPS) is 26.6. The maximum absolute atomic E-state index is 12.9. The number of aliphatic hydroxyl groups is 1. The molecule has 3 saturated carbocycles. The summed E-state index contributed by atoms with van der Waals surface area (Å²) in [7, 11) is 0. The van der Waals surface area contributed by atoms with Gasteiger partial charge in [0.05, 0.1) is 34.8 Å². The molecule has 0 amide bonds. The van der Waals surface area contributed by atoms with Crippen molar-refractivity contribution in [1.29, 1.82) is 0 Å². The Hall–Kier alpha value is -2.68. The Kier molecular flexibility index (Phi) is 3.25. The first-order valence-corrected chi connectivity index (χ1v) is 8.95. The molecule has 3 fully saturated rings. The van der Waals surface area contributed by atoms with E-state index < -0.39 is 23.1 Å². The number of halogens is 3. The van der Waals surface area contributed by atoms with Gasteiger partial charge in [0, 0.05) is 18.4 Å². The summed E-state index contributed by atoms with van der Waals surface area (Å²) in [6.07, 6.45) is 1.56. The Labute approximate surface area is 157 Å². The number of aryl methyl sites for hydroxylation is 1. The van der Waals surface area contributed by atoms with Crippen molar-refractivity contribution in [3.63, 3.8) is 0 Å². The summed E-state index contributed by atoms with van der Waals surface area (Å²) >= 11 is 0. The minimum absolute atomic E-state index is 0.203. The van der Waals surface area contributed by atoms with Crippen LogP contribution in [0.25, 0.3) is 22.4 Å². The number of phenolic OH excluding ortho intramolecular Hbond substituents is 1. The molecular formula is C19H17F3N4O2. The fourth-order valence-corrected chi connectivity index (χ4v) is 4.70. The smallest absolute Gasteiger partial charge is 0.416 e. The van der Waals surface area contributed by atoms with Crippen molar-refractivity contribution in [2.75, 3.05) is 0 Å². The van der Waals surface area contributed by atoms with Gasteiger partial charge in [-0.3, -0.25) is 4.68 Å². The van der Waals surface area contributed by atoms with Crippen molar-refractivity contribution in [1.82, 2.24) is 19.7 Å². The lowest BCUT2D eigenvalue weighted by Gasteiger charge is -2.43. The van der Waals surface area contributed by atoms with Crippen LogP contribution in [0.3, 0.4) is 0 Å². The van der Waals surface area contributed by atoms with Gasteiger partial charge in [0.1, 0.15) is 11.3 Å². The summed E-state index contributed by atoms with van der Waals surface area (Å²) in [5, 5.41) is 24.9. The van der Waals surface area contributed by atoms with Gasteiger partial charge in [-0.2, -0.15) is 18.3 Å². The van der Waals surface area contributed by atoms with Gasteiger partial charge in [0.15, 0.2) is 5.65 Å². The van der Waals surface area contributed by atoms with Crippen molar-refractivity contribution in [3.05, 3.63) is 35.7 Å². The third-order valence-corrected chi connectivity index (χ3v) is 5.98. The summed E-state index contributed by atoms with van der Waals surface area (Å²) < 4.78 is 40.6. The van der Waals surface area contributed by atoms with Crippen LogP contribution in [-0.4, -0.2) is 35.6 Å². The number of fused-ring (bicyclic) bond motifs is 2. The fraction of sp³-hybridized carbons (Fsp3) is 0.421.